The van der Waals surface area contributed by atoms with Crippen LogP contribution in [0.5, 0.6) is 0 Å². The zero-order chi connectivity index (χ0) is 12.5. The second-order valence-electron chi connectivity index (χ2n) is 4.10. The summed E-state index contributed by atoms with van der Waals surface area (Å²) >= 11 is 0. The van der Waals surface area contributed by atoms with Gasteiger partial charge in [-0.05, 0) is 26.2 Å². The van der Waals surface area contributed by atoms with Crippen LogP contribution in [0.25, 0.3) is 0 Å². The molecule has 1 heterocycles. The molecule has 0 aromatic heterocycles. The summed E-state index contributed by atoms with van der Waals surface area (Å²) in [5.41, 5.74) is 2.47. The number of nitrogens with two attached hydrogens (primary N) is 1. The molecule has 0 aliphatic carbocycles. The maximum absolute atomic E-state index is 11.8. The van der Waals surface area contributed by atoms with Gasteiger partial charge in [0.2, 0.25) is 11.9 Å². The van der Waals surface area contributed by atoms with Gasteiger partial charge in [-0.15, -0.1) is 0 Å². The van der Waals surface area contributed by atoms with Gasteiger partial charge in [0.05, 0.1) is 6.54 Å². The molecule has 6 nitrogen and oxygen atoms in total. The van der Waals surface area contributed by atoms with Gasteiger partial charge in [0.1, 0.15) is 0 Å². The fourth-order valence-electron chi connectivity index (χ4n) is 1.88. The Morgan fingerprint density at radius 2 is 2.06 bits per heavy atom. The first-order valence-corrected chi connectivity index (χ1v) is 6.30. The van der Waals surface area contributed by atoms with Crippen molar-refractivity contribution in [3.63, 3.8) is 0 Å². The van der Waals surface area contributed by atoms with Gasteiger partial charge < -0.3 is 10.2 Å². The number of hydrazine groups is 1. The molecule has 0 spiro atoms. The van der Waals surface area contributed by atoms with Crippen LogP contribution in [-0.2, 0) is 4.79 Å². The Hall–Kier alpha value is -1.30. The van der Waals surface area contributed by atoms with Crippen LogP contribution in [0.4, 0.5) is 0 Å². The summed E-state index contributed by atoms with van der Waals surface area (Å²) in [5, 5.41) is 2.97. The van der Waals surface area contributed by atoms with Crippen molar-refractivity contribution in [2.45, 2.75) is 32.6 Å². The Kier molecular flexibility index (Phi) is 6.39. The molecule has 0 radical (unpaired) electrons. The molecule has 0 unspecified atom stereocenters. The van der Waals surface area contributed by atoms with Gasteiger partial charge >= 0.3 is 0 Å². The highest BCUT2D eigenvalue weighted by atomic mass is 16.2. The molecule has 17 heavy (non-hydrogen) atoms. The lowest BCUT2D eigenvalue weighted by Gasteiger charge is -2.26. The molecule has 6 heteroatoms. The molecule has 0 aromatic rings. The van der Waals surface area contributed by atoms with E-state index < -0.39 is 0 Å². The average molecular weight is 241 g/mol. The van der Waals surface area contributed by atoms with Crippen LogP contribution in [0, 0.1) is 0 Å². The van der Waals surface area contributed by atoms with Crippen LogP contribution < -0.4 is 16.6 Å². The monoisotopic (exact) mass is 241 g/mol. The normalized spacial score (nSPS) is 16.8. The standard InChI is InChI=1S/C11H23N5O/c1-2-13-11(15-12)14-7-6-10(17)16-8-4-3-5-9-16/h2-9,12H2,1H3,(H2,13,14,15). The van der Waals surface area contributed by atoms with E-state index in [0.29, 0.717) is 18.9 Å². The molecule has 1 saturated heterocycles. The molecule has 4 N–H and O–H groups in total. The average Bonchev–Trinajstić information content (AvgIpc) is 2.38. The minimum absolute atomic E-state index is 0.196. The molecule has 0 saturated carbocycles. The third-order valence-corrected chi connectivity index (χ3v) is 2.79. The summed E-state index contributed by atoms with van der Waals surface area (Å²) in [7, 11) is 0. The Labute approximate surface area is 103 Å². The maximum Gasteiger partial charge on any atom is 0.224 e. The van der Waals surface area contributed by atoms with Crippen molar-refractivity contribution >= 4 is 11.9 Å². The topological polar surface area (TPSA) is 82.8 Å². The van der Waals surface area contributed by atoms with E-state index in [2.05, 4.69) is 15.7 Å². The Bertz CT molecular complexity index is 261. The number of carbonyl (C=O) groups excluding carboxylic acids is 1. The first kappa shape index (κ1) is 13.8. The molecular formula is C11H23N5O. The van der Waals surface area contributed by atoms with Crippen molar-refractivity contribution in [2.24, 2.45) is 10.8 Å². The van der Waals surface area contributed by atoms with Crippen LogP contribution in [0.2, 0.25) is 0 Å². The summed E-state index contributed by atoms with van der Waals surface area (Å²) in [6.45, 7) is 4.99. The fourth-order valence-corrected chi connectivity index (χ4v) is 1.88. The van der Waals surface area contributed by atoms with Crippen molar-refractivity contribution < 1.29 is 4.79 Å². The molecule has 1 amide bonds. The number of amides is 1. The van der Waals surface area contributed by atoms with Crippen molar-refractivity contribution in [3.8, 4) is 0 Å². The highest BCUT2D eigenvalue weighted by Crippen LogP contribution is 2.09. The minimum atomic E-state index is 0.196. The number of likely N-dealkylation sites (tertiary alicyclic amines) is 1. The molecular weight excluding hydrogens is 218 g/mol. The van der Waals surface area contributed by atoms with Crippen molar-refractivity contribution in [2.75, 3.05) is 26.2 Å². The smallest absolute Gasteiger partial charge is 0.224 e. The van der Waals surface area contributed by atoms with Crippen molar-refractivity contribution in [1.82, 2.24) is 15.6 Å². The Morgan fingerprint density at radius 1 is 1.35 bits per heavy atom. The zero-order valence-electron chi connectivity index (χ0n) is 10.5. The van der Waals surface area contributed by atoms with Gasteiger partial charge in [-0.25, -0.2) is 5.84 Å². The molecule has 1 rings (SSSR count). The Balaban J connectivity index is 2.26. The van der Waals surface area contributed by atoms with Gasteiger partial charge in [-0.1, -0.05) is 0 Å². The van der Waals surface area contributed by atoms with Crippen LogP contribution in [-0.4, -0.2) is 42.9 Å². The number of hydrogen-bond donors (Lipinski definition) is 3. The van der Waals surface area contributed by atoms with E-state index in [0.717, 1.165) is 32.5 Å². The lowest BCUT2D eigenvalue weighted by molar-refractivity contribution is -0.131. The van der Waals surface area contributed by atoms with E-state index in [-0.39, 0.29) is 5.91 Å². The van der Waals surface area contributed by atoms with Crippen molar-refractivity contribution in [1.29, 1.82) is 0 Å². The summed E-state index contributed by atoms with van der Waals surface area (Å²) in [6, 6.07) is 0. The molecule has 98 valence electrons. The second-order valence-corrected chi connectivity index (χ2v) is 4.10. The second kappa shape index (κ2) is 7.89. The molecule has 1 fully saturated rings. The number of nitrogens with zero attached hydrogens (tertiary/aromatic N) is 2. The summed E-state index contributed by atoms with van der Waals surface area (Å²) in [4.78, 5) is 17.9. The fraction of sp³-hybridized carbons (Fsp3) is 0.818. The van der Waals surface area contributed by atoms with Crippen molar-refractivity contribution in [3.05, 3.63) is 0 Å². The third-order valence-electron chi connectivity index (χ3n) is 2.79. The van der Waals surface area contributed by atoms with Gasteiger partial charge in [0.25, 0.3) is 0 Å². The van der Waals surface area contributed by atoms with E-state index >= 15 is 0 Å². The predicted octanol–water partition coefficient (Wildman–Crippen LogP) is -0.182. The molecule has 1 aliphatic heterocycles. The lowest BCUT2D eigenvalue weighted by atomic mass is 10.1. The number of carbonyl (C=O) groups is 1. The third kappa shape index (κ3) is 5.04. The number of nitrogens with one attached hydrogen (secondary N) is 2. The summed E-state index contributed by atoms with van der Waals surface area (Å²) in [6.07, 6.45) is 3.95. The van der Waals surface area contributed by atoms with Gasteiger partial charge in [-0.3, -0.25) is 15.2 Å². The highest BCUT2D eigenvalue weighted by Gasteiger charge is 2.15. The quantitative estimate of drug-likeness (QED) is 0.276. The number of rotatable bonds is 4. The summed E-state index contributed by atoms with van der Waals surface area (Å²) in [5.74, 6) is 6.02. The van der Waals surface area contributed by atoms with Crippen LogP contribution >= 0.6 is 0 Å². The molecule has 0 atom stereocenters. The molecule has 1 aliphatic rings. The van der Waals surface area contributed by atoms with Gasteiger partial charge in [0.15, 0.2) is 0 Å². The van der Waals surface area contributed by atoms with E-state index in [1.54, 1.807) is 0 Å². The number of guanidine groups is 1. The zero-order valence-corrected chi connectivity index (χ0v) is 10.5. The molecule has 0 aromatic carbocycles. The van der Waals surface area contributed by atoms with Crippen LogP contribution in [0.15, 0.2) is 4.99 Å². The highest BCUT2D eigenvalue weighted by molar-refractivity contribution is 5.80. The maximum atomic E-state index is 11.8. The molecule has 0 bridgehead atoms. The first-order valence-electron chi connectivity index (χ1n) is 6.30. The first-order chi connectivity index (χ1) is 8.27. The van der Waals surface area contributed by atoms with E-state index in [1.165, 1.54) is 6.42 Å². The number of hydrogen-bond acceptors (Lipinski definition) is 3. The minimum Gasteiger partial charge on any atom is -0.356 e. The van der Waals surface area contributed by atoms with Gasteiger partial charge in [-0.2, -0.15) is 0 Å². The largest absolute Gasteiger partial charge is 0.356 e. The summed E-state index contributed by atoms with van der Waals surface area (Å²) < 4.78 is 0. The SMILES string of the molecule is CCNC(=NCCC(=O)N1CCCCC1)NN. The van der Waals surface area contributed by atoms with Crippen LogP contribution in [0.3, 0.4) is 0 Å². The van der Waals surface area contributed by atoms with E-state index in [1.807, 2.05) is 11.8 Å². The predicted molar refractivity (Wildman–Crippen MR) is 68.3 cm³/mol. The van der Waals surface area contributed by atoms with Gasteiger partial charge in [0, 0.05) is 26.1 Å². The van der Waals surface area contributed by atoms with E-state index in [9.17, 15) is 4.79 Å². The van der Waals surface area contributed by atoms with Crippen LogP contribution in [0.1, 0.15) is 32.6 Å². The number of aliphatic imine (C=N–C) groups is 1. The van der Waals surface area contributed by atoms with E-state index in [4.69, 9.17) is 5.84 Å². The number of piperidine rings is 1. The Morgan fingerprint density at radius 3 is 2.65 bits per heavy atom. The lowest BCUT2D eigenvalue weighted by Crippen LogP contribution is -2.41.